The van der Waals surface area contributed by atoms with Gasteiger partial charge in [-0.05, 0) is 19.3 Å². The molecule has 0 spiro atoms. The van der Waals surface area contributed by atoms with E-state index in [1.807, 2.05) is 6.92 Å². The number of hydrogen-bond acceptors (Lipinski definition) is 2. The molecule has 12 heavy (non-hydrogen) atoms. The lowest BCUT2D eigenvalue weighted by atomic mass is 9.97. The molecule has 0 aliphatic rings. The zero-order chi connectivity index (χ0) is 9.56. The Morgan fingerprint density at radius 1 is 1.25 bits per heavy atom. The highest BCUT2D eigenvalue weighted by atomic mass is 16.5. The summed E-state index contributed by atoms with van der Waals surface area (Å²) >= 11 is 0. The van der Waals surface area contributed by atoms with Crippen LogP contribution in [0.1, 0.15) is 40.5 Å². The molecule has 0 aliphatic heterocycles. The van der Waals surface area contributed by atoms with E-state index >= 15 is 0 Å². The van der Waals surface area contributed by atoms with E-state index in [0.29, 0.717) is 5.92 Å². The summed E-state index contributed by atoms with van der Waals surface area (Å²) in [6.07, 6.45) is 2.43. The monoisotopic (exact) mass is 173 g/mol. The van der Waals surface area contributed by atoms with Crippen LogP contribution in [0.4, 0.5) is 0 Å². The average molecular weight is 173 g/mol. The Balaban J connectivity index is 3.90. The van der Waals surface area contributed by atoms with Crippen LogP contribution in [0.2, 0.25) is 0 Å². The minimum Gasteiger partial charge on any atom is -0.377 e. The van der Waals surface area contributed by atoms with Crippen molar-refractivity contribution in [3.05, 3.63) is 0 Å². The third-order valence-corrected chi connectivity index (χ3v) is 2.06. The first-order valence-electron chi connectivity index (χ1n) is 5.00. The topological polar surface area (TPSA) is 35.2 Å². The Morgan fingerprint density at radius 3 is 2.17 bits per heavy atom. The van der Waals surface area contributed by atoms with Crippen molar-refractivity contribution >= 4 is 0 Å². The largest absolute Gasteiger partial charge is 0.377 e. The number of hydrogen-bond donors (Lipinski definition) is 1. The van der Waals surface area contributed by atoms with Gasteiger partial charge < -0.3 is 10.5 Å². The van der Waals surface area contributed by atoms with Crippen molar-refractivity contribution in [2.75, 3.05) is 6.61 Å². The fraction of sp³-hybridized carbons (Fsp3) is 1.00. The van der Waals surface area contributed by atoms with E-state index in [1.165, 1.54) is 0 Å². The summed E-state index contributed by atoms with van der Waals surface area (Å²) in [5.41, 5.74) is 5.99. The molecule has 0 amide bonds. The normalized spacial score (nSPS) is 16.5. The quantitative estimate of drug-likeness (QED) is 0.668. The lowest BCUT2D eigenvalue weighted by Crippen LogP contribution is -2.40. The highest BCUT2D eigenvalue weighted by Crippen LogP contribution is 2.13. The van der Waals surface area contributed by atoms with E-state index in [1.54, 1.807) is 0 Å². The highest BCUT2D eigenvalue weighted by Gasteiger charge is 2.20. The molecule has 0 aromatic heterocycles. The van der Waals surface area contributed by atoms with Crippen LogP contribution in [0.3, 0.4) is 0 Å². The van der Waals surface area contributed by atoms with Gasteiger partial charge in [0.25, 0.3) is 0 Å². The van der Waals surface area contributed by atoms with Gasteiger partial charge in [-0.15, -0.1) is 0 Å². The highest BCUT2D eigenvalue weighted by molar-refractivity contribution is 4.75. The van der Waals surface area contributed by atoms with Crippen LogP contribution in [0.15, 0.2) is 0 Å². The summed E-state index contributed by atoms with van der Waals surface area (Å²) < 4.78 is 5.59. The molecule has 74 valence electrons. The number of nitrogens with two attached hydrogens (primary N) is 1. The summed E-state index contributed by atoms with van der Waals surface area (Å²) in [5, 5.41) is 0. The van der Waals surface area contributed by atoms with Crippen molar-refractivity contribution in [1.29, 1.82) is 0 Å². The molecule has 2 heteroatoms. The van der Waals surface area contributed by atoms with Gasteiger partial charge in [-0.25, -0.2) is 0 Å². The van der Waals surface area contributed by atoms with Crippen molar-refractivity contribution in [2.24, 2.45) is 11.7 Å². The van der Waals surface area contributed by atoms with Gasteiger partial charge >= 0.3 is 0 Å². The van der Waals surface area contributed by atoms with E-state index in [-0.39, 0.29) is 12.1 Å². The zero-order valence-electron chi connectivity index (χ0n) is 8.84. The maximum Gasteiger partial charge on any atom is 0.0748 e. The van der Waals surface area contributed by atoms with Crippen LogP contribution in [-0.2, 0) is 4.74 Å². The van der Waals surface area contributed by atoms with E-state index in [4.69, 9.17) is 10.5 Å². The van der Waals surface area contributed by atoms with E-state index in [9.17, 15) is 0 Å². The fourth-order valence-corrected chi connectivity index (χ4v) is 1.50. The third-order valence-electron chi connectivity index (χ3n) is 2.06. The second kappa shape index (κ2) is 6.44. The van der Waals surface area contributed by atoms with Crippen molar-refractivity contribution in [2.45, 2.75) is 52.7 Å². The molecule has 2 atom stereocenters. The first kappa shape index (κ1) is 11.9. The summed E-state index contributed by atoms with van der Waals surface area (Å²) in [5.74, 6) is 0.520. The van der Waals surface area contributed by atoms with E-state index in [2.05, 4.69) is 20.8 Å². The van der Waals surface area contributed by atoms with Crippen LogP contribution in [0.5, 0.6) is 0 Å². The molecule has 0 saturated heterocycles. The van der Waals surface area contributed by atoms with Crippen LogP contribution in [0, 0.1) is 5.92 Å². The Bertz CT molecular complexity index is 104. The molecule has 0 aromatic carbocycles. The molecule has 0 radical (unpaired) electrons. The number of rotatable bonds is 6. The predicted molar refractivity (Wildman–Crippen MR) is 53.1 cm³/mol. The van der Waals surface area contributed by atoms with Crippen molar-refractivity contribution in [1.82, 2.24) is 0 Å². The van der Waals surface area contributed by atoms with E-state index in [0.717, 1.165) is 19.4 Å². The predicted octanol–water partition coefficient (Wildman–Crippen LogP) is 2.17. The zero-order valence-corrected chi connectivity index (χ0v) is 8.84. The fourth-order valence-electron chi connectivity index (χ4n) is 1.50. The second-order valence-corrected chi connectivity index (χ2v) is 3.62. The van der Waals surface area contributed by atoms with Gasteiger partial charge in [0.2, 0.25) is 0 Å². The van der Waals surface area contributed by atoms with Crippen molar-refractivity contribution in [3.8, 4) is 0 Å². The first-order valence-corrected chi connectivity index (χ1v) is 5.00. The minimum absolute atomic E-state index is 0.204. The van der Waals surface area contributed by atoms with Crippen LogP contribution in [-0.4, -0.2) is 18.8 Å². The van der Waals surface area contributed by atoms with Gasteiger partial charge in [-0.2, -0.15) is 0 Å². The molecule has 0 aliphatic carbocycles. The SMILES string of the molecule is CCC[C@@H](N)C(OCC)C(C)C. The molecule has 0 aromatic rings. The summed E-state index contributed by atoms with van der Waals surface area (Å²) in [7, 11) is 0. The van der Waals surface area contributed by atoms with Gasteiger partial charge in [0, 0.05) is 12.6 Å². The van der Waals surface area contributed by atoms with Gasteiger partial charge in [-0.3, -0.25) is 0 Å². The van der Waals surface area contributed by atoms with Crippen LogP contribution < -0.4 is 5.73 Å². The molecule has 0 saturated carbocycles. The molecule has 0 fully saturated rings. The van der Waals surface area contributed by atoms with Crippen molar-refractivity contribution in [3.63, 3.8) is 0 Å². The second-order valence-electron chi connectivity index (χ2n) is 3.62. The summed E-state index contributed by atoms with van der Waals surface area (Å²) in [6.45, 7) is 9.27. The lowest BCUT2D eigenvalue weighted by molar-refractivity contribution is 0.0107. The Hall–Kier alpha value is -0.0800. The van der Waals surface area contributed by atoms with Gasteiger partial charge in [0.15, 0.2) is 0 Å². The smallest absolute Gasteiger partial charge is 0.0748 e. The van der Waals surface area contributed by atoms with Gasteiger partial charge in [0.05, 0.1) is 6.10 Å². The molecular weight excluding hydrogens is 150 g/mol. The third kappa shape index (κ3) is 4.07. The average Bonchev–Trinajstić information content (AvgIpc) is 1.99. The standard InChI is InChI=1S/C10H23NO/c1-5-7-9(11)10(8(3)4)12-6-2/h8-10H,5-7,11H2,1-4H3/t9-,10?/m1/s1. The number of ether oxygens (including phenoxy) is 1. The van der Waals surface area contributed by atoms with Crippen LogP contribution >= 0.6 is 0 Å². The Kier molecular flexibility index (Phi) is 6.39. The van der Waals surface area contributed by atoms with Gasteiger partial charge in [-0.1, -0.05) is 27.2 Å². The molecule has 0 rings (SSSR count). The maximum atomic E-state index is 5.99. The summed E-state index contributed by atoms with van der Waals surface area (Å²) in [6, 6.07) is 0.204. The molecular formula is C10H23NO. The van der Waals surface area contributed by atoms with E-state index < -0.39 is 0 Å². The molecule has 2 N–H and O–H groups in total. The Labute approximate surface area is 76.5 Å². The van der Waals surface area contributed by atoms with Gasteiger partial charge in [0.1, 0.15) is 0 Å². The molecule has 0 heterocycles. The van der Waals surface area contributed by atoms with Crippen LogP contribution in [0.25, 0.3) is 0 Å². The molecule has 0 bridgehead atoms. The lowest BCUT2D eigenvalue weighted by Gasteiger charge is -2.26. The molecule has 2 nitrogen and oxygen atoms in total. The first-order chi connectivity index (χ1) is 5.63. The summed E-state index contributed by atoms with van der Waals surface area (Å²) in [4.78, 5) is 0. The maximum absolute atomic E-state index is 5.99. The minimum atomic E-state index is 0.204. The Morgan fingerprint density at radius 2 is 1.83 bits per heavy atom. The van der Waals surface area contributed by atoms with Crippen molar-refractivity contribution < 1.29 is 4.74 Å². The molecule has 1 unspecified atom stereocenters.